The van der Waals surface area contributed by atoms with Crippen LogP contribution in [0.25, 0.3) is 11.0 Å². The predicted molar refractivity (Wildman–Crippen MR) is 71.4 cm³/mol. The van der Waals surface area contributed by atoms with E-state index in [4.69, 9.17) is 15.6 Å². The first-order chi connectivity index (χ1) is 9.49. The first-order valence-corrected chi connectivity index (χ1v) is 6.05. The zero-order chi connectivity index (χ0) is 14.7. The quantitative estimate of drug-likeness (QED) is 0.749. The number of carbonyl (C=O) groups is 2. The summed E-state index contributed by atoms with van der Waals surface area (Å²) in [7, 11) is 0. The molecule has 7 heteroatoms. The van der Waals surface area contributed by atoms with Crippen LogP contribution < -0.4 is 5.73 Å². The molecule has 0 radical (unpaired) electrons. The van der Waals surface area contributed by atoms with Crippen molar-refractivity contribution < 1.29 is 19.4 Å². The van der Waals surface area contributed by atoms with E-state index in [0.29, 0.717) is 13.2 Å². The Labute approximate surface area is 115 Å². The lowest BCUT2D eigenvalue weighted by Gasteiger charge is -2.07. The zero-order valence-corrected chi connectivity index (χ0v) is 11.0. The maximum Gasteiger partial charge on any atom is 0.335 e. The van der Waals surface area contributed by atoms with E-state index in [2.05, 4.69) is 4.98 Å². The van der Waals surface area contributed by atoms with Crippen LogP contribution in [0.3, 0.4) is 0 Å². The average molecular weight is 277 g/mol. The molecule has 0 bridgehead atoms. The van der Waals surface area contributed by atoms with Crippen molar-refractivity contribution in [2.45, 2.75) is 13.5 Å². The van der Waals surface area contributed by atoms with Crippen molar-refractivity contribution in [1.82, 2.24) is 9.55 Å². The van der Waals surface area contributed by atoms with Crippen LogP contribution in [0.15, 0.2) is 18.2 Å². The molecule has 106 valence electrons. The van der Waals surface area contributed by atoms with Gasteiger partial charge in [-0.25, -0.2) is 9.78 Å². The Balaban J connectivity index is 2.22. The van der Waals surface area contributed by atoms with Gasteiger partial charge in [0.25, 0.3) is 0 Å². The van der Waals surface area contributed by atoms with Crippen LogP contribution in [0, 0.1) is 6.92 Å². The molecular formula is C13H15N3O4. The molecule has 0 aliphatic rings. The number of carboxylic acids is 1. The summed E-state index contributed by atoms with van der Waals surface area (Å²) in [5.74, 6) is -0.752. The summed E-state index contributed by atoms with van der Waals surface area (Å²) in [6.45, 7) is 2.46. The number of hydrogen-bond donors (Lipinski definition) is 2. The minimum atomic E-state index is -0.984. The van der Waals surface area contributed by atoms with Gasteiger partial charge >= 0.3 is 5.97 Å². The fourth-order valence-electron chi connectivity index (χ4n) is 1.99. The van der Waals surface area contributed by atoms with Crippen molar-refractivity contribution in [1.29, 1.82) is 0 Å². The molecule has 7 nitrogen and oxygen atoms in total. The van der Waals surface area contributed by atoms with Gasteiger partial charge < -0.3 is 20.1 Å². The molecule has 0 spiro atoms. The van der Waals surface area contributed by atoms with Gasteiger partial charge in [0.1, 0.15) is 12.4 Å². The minimum Gasteiger partial charge on any atom is -0.478 e. The molecule has 1 heterocycles. The number of hydrogen-bond acceptors (Lipinski definition) is 4. The molecule has 0 unspecified atom stereocenters. The molecule has 0 aliphatic carbocycles. The van der Waals surface area contributed by atoms with Crippen molar-refractivity contribution in [3.63, 3.8) is 0 Å². The molecule has 1 aromatic heterocycles. The Morgan fingerprint density at radius 3 is 2.85 bits per heavy atom. The lowest BCUT2D eigenvalue weighted by Crippen LogP contribution is -2.19. The van der Waals surface area contributed by atoms with E-state index >= 15 is 0 Å². The first kappa shape index (κ1) is 14.0. The number of carbonyl (C=O) groups excluding carboxylic acids is 1. The van der Waals surface area contributed by atoms with Crippen molar-refractivity contribution in [3.05, 3.63) is 29.6 Å². The lowest BCUT2D eigenvalue weighted by molar-refractivity contribution is -0.122. The number of aromatic carboxylic acids is 1. The van der Waals surface area contributed by atoms with E-state index in [-0.39, 0.29) is 12.2 Å². The third-order valence-corrected chi connectivity index (χ3v) is 2.89. The largest absolute Gasteiger partial charge is 0.478 e. The molecule has 0 atom stereocenters. The fourth-order valence-corrected chi connectivity index (χ4v) is 1.99. The monoisotopic (exact) mass is 277 g/mol. The number of ether oxygens (including phenoxy) is 1. The van der Waals surface area contributed by atoms with Gasteiger partial charge in [-0.05, 0) is 25.1 Å². The molecule has 0 aliphatic heterocycles. The Bertz CT molecular complexity index is 663. The van der Waals surface area contributed by atoms with E-state index < -0.39 is 11.9 Å². The number of aryl methyl sites for hydroxylation is 1. The van der Waals surface area contributed by atoms with Crippen molar-refractivity contribution >= 4 is 22.9 Å². The van der Waals surface area contributed by atoms with Crippen molar-refractivity contribution in [3.8, 4) is 0 Å². The maximum atomic E-state index is 11.0. The molecule has 3 N–H and O–H groups in total. The number of fused-ring (bicyclic) bond motifs is 1. The molecule has 0 fully saturated rings. The highest BCUT2D eigenvalue weighted by Gasteiger charge is 2.10. The normalized spacial score (nSPS) is 10.8. The summed E-state index contributed by atoms with van der Waals surface area (Å²) in [5.41, 5.74) is 6.63. The van der Waals surface area contributed by atoms with Crippen LogP contribution in [0.2, 0.25) is 0 Å². The SMILES string of the molecule is Cc1nc2ccc(C(=O)O)cc2n1CCOCC(N)=O. The molecule has 2 rings (SSSR count). The van der Waals surface area contributed by atoms with Crippen LogP contribution in [0.1, 0.15) is 16.2 Å². The molecule has 1 amide bonds. The van der Waals surface area contributed by atoms with E-state index in [0.717, 1.165) is 16.9 Å². The first-order valence-electron chi connectivity index (χ1n) is 6.05. The molecule has 0 saturated heterocycles. The molecule has 20 heavy (non-hydrogen) atoms. The second-order valence-electron chi connectivity index (χ2n) is 4.34. The number of carboxylic acid groups (broad SMARTS) is 1. The molecule has 2 aromatic rings. The Morgan fingerprint density at radius 1 is 1.45 bits per heavy atom. The third-order valence-electron chi connectivity index (χ3n) is 2.89. The second-order valence-corrected chi connectivity index (χ2v) is 4.34. The van der Waals surface area contributed by atoms with E-state index in [1.54, 1.807) is 12.1 Å². The van der Waals surface area contributed by atoms with Crippen LogP contribution in [0.5, 0.6) is 0 Å². The molecule has 1 aromatic carbocycles. The van der Waals surface area contributed by atoms with Gasteiger partial charge in [-0.15, -0.1) is 0 Å². The summed E-state index contributed by atoms with van der Waals surface area (Å²) < 4.78 is 6.96. The van der Waals surface area contributed by atoms with E-state index in [9.17, 15) is 9.59 Å². The highest BCUT2D eigenvalue weighted by molar-refractivity contribution is 5.92. The van der Waals surface area contributed by atoms with Gasteiger partial charge in [-0.2, -0.15) is 0 Å². The van der Waals surface area contributed by atoms with Crippen LogP contribution in [-0.4, -0.2) is 39.7 Å². The fraction of sp³-hybridized carbons (Fsp3) is 0.308. The number of nitrogens with two attached hydrogens (primary N) is 1. The summed E-state index contributed by atoms with van der Waals surface area (Å²) in [6.07, 6.45) is 0. The topological polar surface area (TPSA) is 107 Å². The van der Waals surface area contributed by atoms with E-state index in [1.807, 2.05) is 11.5 Å². The van der Waals surface area contributed by atoms with Crippen LogP contribution in [0.4, 0.5) is 0 Å². The smallest absolute Gasteiger partial charge is 0.335 e. The van der Waals surface area contributed by atoms with Gasteiger partial charge in [-0.3, -0.25) is 4.79 Å². The maximum absolute atomic E-state index is 11.0. The number of rotatable bonds is 6. The predicted octanol–water partition coefficient (Wildman–Crippen LogP) is 0.545. The Hall–Kier alpha value is -2.41. The number of amides is 1. The minimum absolute atomic E-state index is 0.133. The zero-order valence-electron chi connectivity index (χ0n) is 11.0. The lowest BCUT2D eigenvalue weighted by atomic mass is 10.2. The third kappa shape index (κ3) is 2.94. The van der Waals surface area contributed by atoms with Crippen molar-refractivity contribution in [2.75, 3.05) is 13.2 Å². The summed E-state index contributed by atoms with van der Waals surface area (Å²) in [5, 5.41) is 9.01. The summed E-state index contributed by atoms with van der Waals surface area (Å²) in [4.78, 5) is 25.9. The highest BCUT2D eigenvalue weighted by Crippen LogP contribution is 2.18. The number of primary amides is 1. The van der Waals surface area contributed by atoms with Gasteiger partial charge in [0.05, 0.1) is 23.2 Å². The molecule has 0 saturated carbocycles. The molecular weight excluding hydrogens is 262 g/mol. The van der Waals surface area contributed by atoms with Crippen LogP contribution >= 0.6 is 0 Å². The summed E-state index contributed by atoms with van der Waals surface area (Å²) >= 11 is 0. The Morgan fingerprint density at radius 2 is 2.20 bits per heavy atom. The van der Waals surface area contributed by atoms with E-state index in [1.165, 1.54) is 6.07 Å². The number of nitrogens with zero attached hydrogens (tertiary/aromatic N) is 2. The standard InChI is InChI=1S/C13H15N3O4/c1-8-15-10-3-2-9(13(18)19)6-11(10)16(8)4-5-20-7-12(14)17/h2-3,6H,4-5,7H2,1H3,(H2,14,17)(H,18,19). The van der Waals surface area contributed by atoms with Gasteiger partial charge in [0, 0.05) is 6.54 Å². The highest BCUT2D eigenvalue weighted by atomic mass is 16.5. The van der Waals surface area contributed by atoms with Crippen molar-refractivity contribution in [2.24, 2.45) is 5.73 Å². The van der Waals surface area contributed by atoms with Gasteiger partial charge in [-0.1, -0.05) is 0 Å². The number of benzene rings is 1. The number of imidazole rings is 1. The number of aromatic nitrogens is 2. The average Bonchev–Trinajstić information content (AvgIpc) is 2.69. The Kier molecular flexibility index (Phi) is 3.99. The summed E-state index contributed by atoms with van der Waals surface area (Å²) in [6, 6.07) is 4.77. The second kappa shape index (κ2) is 5.70. The van der Waals surface area contributed by atoms with Gasteiger partial charge in [0.2, 0.25) is 5.91 Å². The van der Waals surface area contributed by atoms with Gasteiger partial charge in [0.15, 0.2) is 0 Å². The van der Waals surface area contributed by atoms with Crippen LogP contribution in [-0.2, 0) is 16.1 Å².